The molecule has 36 heavy (non-hydrogen) atoms. The van der Waals surface area contributed by atoms with Crippen LogP contribution in [0.2, 0.25) is 0 Å². The van der Waals surface area contributed by atoms with E-state index in [1.807, 2.05) is 13.8 Å². The van der Waals surface area contributed by atoms with E-state index in [9.17, 15) is 24.3 Å². The Kier molecular flexibility index (Phi) is 6.98. The summed E-state index contributed by atoms with van der Waals surface area (Å²) in [5, 5.41) is 11.6. The molecule has 2 saturated carbocycles. The molecule has 0 aromatic carbocycles. The lowest BCUT2D eigenvalue weighted by atomic mass is 9.42. The molecule has 0 aromatic heterocycles. The smallest absolute Gasteiger partial charge is 0.331 e. The monoisotopic (exact) mass is 508 g/mol. The van der Waals surface area contributed by atoms with Crippen molar-refractivity contribution in [2.45, 2.75) is 84.2 Å². The topological polar surface area (TPSA) is 138 Å². The molecule has 0 unspecified atom stereocenters. The summed E-state index contributed by atoms with van der Waals surface area (Å²) in [6.07, 6.45) is 0.871. The molecule has 3 fully saturated rings. The third kappa shape index (κ3) is 4.42. The zero-order valence-electron chi connectivity index (χ0n) is 21.5. The van der Waals surface area contributed by atoms with Gasteiger partial charge in [0.15, 0.2) is 0 Å². The van der Waals surface area contributed by atoms with Crippen LogP contribution < -0.4 is 0 Å². The molecule has 10 nitrogen and oxygen atoms in total. The Morgan fingerprint density at radius 3 is 2.42 bits per heavy atom. The summed E-state index contributed by atoms with van der Waals surface area (Å²) < 4.78 is 28.3. The van der Waals surface area contributed by atoms with Gasteiger partial charge in [-0.25, -0.2) is 4.79 Å². The van der Waals surface area contributed by atoms with Crippen molar-refractivity contribution in [1.29, 1.82) is 0 Å². The van der Waals surface area contributed by atoms with E-state index in [4.69, 9.17) is 23.7 Å². The van der Waals surface area contributed by atoms with Crippen LogP contribution in [0.1, 0.15) is 60.3 Å². The second-order valence-corrected chi connectivity index (χ2v) is 11.1. The third-order valence-corrected chi connectivity index (χ3v) is 8.96. The van der Waals surface area contributed by atoms with Crippen LogP contribution in [0.4, 0.5) is 0 Å². The van der Waals surface area contributed by atoms with Gasteiger partial charge in [-0.15, -0.1) is 0 Å². The first kappa shape index (κ1) is 26.6. The highest BCUT2D eigenvalue weighted by molar-refractivity contribution is 5.85. The number of fused-ring (bicyclic) bond motifs is 2. The fourth-order valence-electron chi connectivity index (χ4n) is 7.18. The number of aliphatic hydroxyl groups is 1. The summed E-state index contributed by atoms with van der Waals surface area (Å²) in [5.41, 5.74) is -1.84. The molecule has 8 atom stereocenters. The maximum absolute atomic E-state index is 12.2. The van der Waals surface area contributed by atoms with E-state index in [1.54, 1.807) is 0 Å². The van der Waals surface area contributed by atoms with Gasteiger partial charge in [-0.2, -0.15) is 0 Å². The number of ether oxygens (including phenoxy) is 5. The number of cyclic esters (lactones) is 1. The quantitative estimate of drug-likeness (QED) is 0.308. The van der Waals surface area contributed by atoms with Crippen molar-refractivity contribution in [3.63, 3.8) is 0 Å². The number of aliphatic hydroxyl groups excluding tert-OH is 1. The minimum absolute atomic E-state index is 0.0240. The molecular weight excluding hydrogens is 472 g/mol. The molecule has 1 spiro atoms. The third-order valence-electron chi connectivity index (χ3n) is 8.96. The van der Waals surface area contributed by atoms with E-state index < -0.39 is 64.5 Å². The molecule has 0 amide bonds. The van der Waals surface area contributed by atoms with Gasteiger partial charge >= 0.3 is 23.9 Å². The first-order valence-corrected chi connectivity index (χ1v) is 12.5. The zero-order valence-corrected chi connectivity index (χ0v) is 21.5. The van der Waals surface area contributed by atoms with Crippen LogP contribution in [0, 0.1) is 22.7 Å². The summed E-state index contributed by atoms with van der Waals surface area (Å²) >= 11 is 0. The van der Waals surface area contributed by atoms with Crippen molar-refractivity contribution >= 4 is 23.9 Å². The number of hydrogen-bond acceptors (Lipinski definition) is 10. The highest BCUT2D eigenvalue weighted by Gasteiger charge is 2.77. The second kappa shape index (κ2) is 9.45. The van der Waals surface area contributed by atoms with Crippen LogP contribution in [0.15, 0.2) is 11.6 Å². The van der Waals surface area contributed by atoms with Crippen molar-refractivity contribution in [3.05, 3.63) is 11.6 Å². The molecule has 0 bridgehead atoms. The van der Waals surface area contributed by atoms with Gasteiger partial charge in [0.25, 0.3) is 0 Å². The SMILES string of the molecule is CC(=O)OC[C@@]12[C@@H](OC(C)=O)C[C@@H](C)[C@](C)(C[C@H](OC(C)=O)C3=CC(=O)OC3)[C@H]1[C@H](O)CC[C@]21CO1. The molecule has 1 N–H and O–H groups in total. The zero-order chi connectivity index (χ0) is 26.5. The Balaban J connectivity index is 1.82. The molecule has 4 aliphatic rings. The normalized spacial score (nSPS) is 39.9. The fourth-order valence-corrected chi connectivity index (χ4v) is 7.18. The molecule has 2 heterocycles. The lowest BCUT2D eigenvalue weighted by Crippen LogP contribution is -2.70. The van der Waals surface area contributed by atoms with Crippen LogP contribution in [0.25, 0.3) is 0 Å². The predicted octanol–water partition coefficient (Wildman–Crippen LogP) is 1.86. The first-order chi connectivity index (χ1) is 16.8. The Morgan fingerprint density at radius 1 is 1.19 bits per heavy atom. The Hall–Kier alpha value is -2.46. The minimum Gasteiger partial charge on any atom is -0.465 e. The van der Waals surface area contributed by atoms with E-state index in [1.165, 1.54) is 26.8 Å². The van der Waals surface area contributed by atoms with Crippen molar-refractivity contribution in [2.75, 3.05) is 19.8 Å². The van der Waals surface area contributed by atoms with E-state index in [-0.39, 0.29) is 19.1 Å². The van der Waals surface area contributed by atoms with Crippen molar-refractivity contribution in [2.24, 2.45) is 22.7 Å². The number of hydrogen-bond donors (Lipinski definition) is 1. The summed E-state index contributed by atoms with van der Waals surface area (Å²) in [6, 6.07) is 0. The van der Waals surface area contributed by atoms with E-state index in [0.717, 1.165) is 0 Å². The van der Waals surface area contributed by atoms with Gasteiger partial charge in [0.2, 0.25) is 0 Å². The summed E-state index contributed by atoms with van der Waals surface area (Å²) in [7, 11) is 0. The molecule has 4 rings (SSSR count). The van der Waals surface area contributed by atoms with Crippen LogP contribution in [0.3, 0.4) is 0 Å². The van der Waals surface area contributed by atoms with Crippen molar-refractivity contribution < 1.29 is 48.0 Å². The largest absolute Gasteiger partial charge is 0.465 e. The predicted molar refractivity (Wildman–Crippen MR) is 123 cm³/mol. The van der Waals surface area contributed by atoms with E-state index >= 15 is 0 Å². The number of rotatable bonds is 7. The van der Waals surface area contributed by atoms with Gasteiger partial charge in [-0.3, -0.25) is 14.4 Å². The maximum atomic E-state index is 12.2. The average Bonchev–Trinajstić information content (AvgIpc) is 3.43. The van der Waals surface area contributed by atoms with E-state index in [2.05, 4.69) is 0 Å². The summed E-state index contributed by atoms with van der Waals surface area (Å²) in [4.78, 5) is 48.0. The molecule has 0 aromatic rings. The molecular formula is C26H36O10. The average molecular weight is 509 g/mol. The van der Waals surface area contributed by atoms with E-state index in [0.29, 0.717) is 37.9 Å². The highest BCUT2D eigenvalue weighted by Crippen LogP contribution is 2.69. The lowest BCUT2D eigenvalue weighted by molar-refractivity contribution is -0.255. The van der Waals surface area contributed by atoms with Gasteiger partial charge in [0, 0.05) is 38.3 Å². The molecule has 0 radical (unpaired) electrons. The lowest BCUT2D eigenvalue weighted by Gasteiger charge is -2.64. The molecule has 1 saturated heterocycles. The summed E-state index contributed by atoms with van der Waals surface area (Å²) in [6.45, 7) is 8.35. The Labute approximate surface area is 210 Å². The van der Waals surface area contributed by atoms with Crippen LogP contribution in [-0.2, 0) is 42.9 Å². The minimum atomic E-state index is -1.000. The van der Waals surface area contributed by atoms with Crippen LogP contribution >= 0.6 is 0 Å². The maximum Gasteiger partial charge on any atom is 0.331 e. The van der Waals surface area contributed by atoms with Crippen LogP contribution in [0.5, 0.6) is 0 Å². The Bertz CT molecular complexity index is 968. The summed E-state index contributed by atoms with van der Waals surface area (Å²) in [5.74, 6) is -2.56. The van der Waals surface area contributed by atoms with Gasteiger partial charge in [-0.1, -0.05) is 13.8 Å². The molecule has 10 heteroatoms. The number of carbonyl (C=O) groups excluding carboxylic acids is 4. The van der Waals surface area contributed by atoms with Crippen molar-refractivity contribution in [1.82, 2.24) is 0 Å². The van der Waals surface area contributed by atoms with Gasteiger partial charge in [-0.05, 0) is 37.0 Å². The van der Waals surface area contributed by atoms with Crippen LogP contribution in [-0.4, -0.2) is 72.7 Å². The number of carbonyl (C=O) groups is 4. The van der Waals surface area contributed by atoms with Gasteiger partial charge < -0.3 is 28.8 Å². The molecule has 2 aliphatic carbocycles. The number of epoxide rings is 1. The molecule has 2 aliphatic heterocycles. The standard InChI is InChI=1S/C26H36O10/c1-14-8-21(36-17(4)29)26(13-33-15(2)27)23(19(30)6-7-25(26)12-34-25)24(14,5)10-20(35-16(3)28)18-9-22(31)32-11-18/h9,14,19-21,23,30H,6-8,10-13H2,1-5H3/t14-,19-,20+,21+,23-,24+,25+,26-/m1/s1. The van der Waals surface area contributed by atoms with Gasteiger partial charge in [0.1, 0.15) is 31.0 Å². The van der Waals surface area contributed by atoms with Crippen molar-refractivity contribution in [3.8, 4) is 0 Å². The highest BCUT2D eigenvalue weighted by atomic mass is 16.6. The van der Waals surface area contributed by atoms with Gasteiger partial charge in [0.05, 0.1) is 18.1 Å². The Morgan fingerprint density at radius 2 is 1.89 bits per heavy atom. The second-order valence-electron chi connectivity index (χ2n) is 11.1. The molecule has 200 valence electrons. The fraction of sp³-hybridized carbons (Fsp3) is 0.769. The number of esters is 4. The first-order valence-electron chi connectivity index (χ1n) is 12.5.